The zero-order valence-corrected chi connectivity index (χ0v) is 12.4. The first-order valence-corrected chi connectivity index (χ1v) is 7.13. The van der Waals surface area contributed by atoms with Gasteiger partial charge >= 0.3 is 1.43 Å². The number of hydrogen-bond donors (Lipinski definition) is 1. The van der Waals surface area contributed by atoms with Gasteiger partial charge in [0.25, 0.3) is 0 Å². The molecular formula is C15H16ClNOS. The predicted octanol–water partition coefficient (Wildman–Crippen LogP) is 0.337. The Labute approximate surface area is 124 Å². The average Bonchev–Trinajstić information content (AvgIpc) is 2.94. The molecule has 1 aromatic heterocycles. The van der Waals surface area contributed by atoms with E-state index in [0.717, 1.165) is 12.2 Å². The molecule has 3 heterocycles. The lowest BCUT2D eigenvalue weighted by atomic mass is 9.86. The van der Waals surface area contributed by atoms with E-state index in [1.165, 1.54) is 21.6 Å². The first-order chi connectivity index (χ1) is 8.72. The Morgan fingerprint density at radius 3 is 3.00 bits per heavy atom. The van der Waals surface area contributed by atoms with Crippen LogP contribution < -0.4 is 22.5 Å². The Hall–Kier alpha value is -1.03. The van der Waals surface area contributed by atoms with Crippen LogP contribution in [0.4, 0.5) is 0 Å². The van der Waals surface area contributed by atoms with Gasteiger partial charge in [-0.15, -0.1) is 11.3 Å². The summed E-state index contributed by atoms with van der Waals surface area (Å²) in [5.74, 6) is 0.945. The van der Waals surface area contributed by atoms with Crippen molar-refractivity contribution in [3.8, 4) is 5.75 Å². The number of halogens is 1. The van der Waals surface area contributed by atoms with Crippen molar-refractivity contribution >= 4 is 11.3 Å². The fourth-order valence-corrected chi connectivity index (χ4v) is 4.45. The lowest BCUT2D eigenvalue weighted by Gasteiger charge is -2.32. The van der Waals surface area contributed by atoms with Crippen LogP contribution in [0.2, 0.25) is 0 Å². The van der Waals surface area contributed by atoms with Gasteiger partial charge in [-0.2, -0.15) is 0 Å². The second kappa shape index (κ2) is 4.23. The second-order valence-corrected chi connectivity index (χ2v) is 6.24. The van der Waals surface area contributed by atoms with Gasteiger partial charge in [-0.05, 0) is 47.2 Å². The van der Waals surface area contributed by atoms with E-state index < -0.39 is 0 Å². The molecule has 1 aromatic carbocycles. The van der Waals surface area contributed by atoms with E-state index in [9.17, 15) is 0 Å². The van der Waals surface area contributed by atoms with Crippen molar-refractivity contribution in [2.24, 2.45) is 0 Å². The Morgan fingerprint density at radius 1 is 1.37 bits per heavy atom. The predicted molar refractivity (Wildman–Crippen MR) is 74.5 cm³/mol. The molecule has 2 bridgehead atoms. The Kier molecular flexibility index (Phi) is 2.89. The van der Waals surface area contributed by atoms with Crippen LogP contribution in [-0.4, -0.2) is 7.11 Å². The molecule has 2 aliphatic rings. The molecular weight excluding hydrogens is 278 g/mol. The molecule has 2 atom stereocenters. The number of ether oxygens (including phenoxy) is 1. The third-order valence-corrected chi connectivity index (χ3v) is 5.25. The van der Waals surface area contributed by atoms with Gasteiger partial charge in [0, 0.05) is 17.3 Å². The number of thiophene rings is 1. The third kappa shape index (κ3) is 1.59. The summed E-state index contributed by atoms with van der Waals surface area (Å²) in [7, 11) is 1.73. The molecule has 0 fully saturated rings. The highest BCUT2D eigenvalue weighted by atomic mass is 35.5. The molecule has 1 N–H and O–H groups in total. The van der Waals surface area contributed by atoms with Crippen LogP contribution in [-0.2, 0) is 12.0 Å². The van der Waals surface area contributed by atoms with Crippen LogP contribution >= 0.6 is 11.3 Å². The van der Waals surface area contributed by atoms with Crippen molar-refractivity contribution in [1.82, 2.24) is 5.32 Å². The van der Waals surface area contributed by atoms with Crippen molar-refractivity contribution in [3.05, 3.63) is 51.2 Å². The van der Waals surface area contributed by atoms with E-state index >= 15 is 0 Å². The number of hydrogen-bond acceptors (Lipinski definition) is 3. The zero-order valence-electron chi connectivity index (χ0n) is 11.9. The topological polar surface area (TPSA) is 21.3 Å². The summed E-state index contributed by atoms with van der Waals surface area (Å²) in [6.45, 7) is 2.29. The molecule has 0 saturated heterocycles. The van der Waals surface area contributed by atoms with Gasteiger partial charge in [-0.3, -0.25) is 5.32 Å². The summed E-state index contributed by atoms with van der Waals surface area (Å²) in [6.07, 6.45) is 1.11. The van der Waals surface area contributed by atoms with Gasteiger partial charge in [0.15, 0.2) is 0 Å². The van der Waals surface area contributed by atoms with Crippen LogP contribution in [0.5, 0.6) is 5.75 Å². The first-order valence-electron chi connectivity index (χ1n) is 6.25. The van der Waals surface area contributed by atoms with Crippen molar-refractivity contribution in [2.45, 2.75) is 24.9 Å². The number of nitrogens with one attached hydrogen (secondary N) is 1. The molecule has 2 aliphatic heterocycles. The molecule has 100 valence electrons. The number of rotatable bonds is 1. The minimum absolute atomic E-state index is 0. The minimum Gasteiger partial charge on any atom is -1.00 e. The highest BCUT2D eigenvalue weighted by Gasteiger charge is 2.46. The number of benzene rings is 1. The highest BCUT2D eigenvalue weighted by molar-refractivity contribution is 7.10. The standard InChI is InChI=1S/C15H15NOS.ClH/c1-15-11-5-6-18-14(11)8-13(16-15)10-4-3-9(17-2)7-12(10)15;/h3-7,13,16H,8H2,1-2H3;1H. The van der Waals surface area contributed by atoms with Crippen molar-refractivity contribution in [3.63, 3.8) is 0 Å². The molecule has 4 rings (SSSR count). The summed E-state index contributed by atoms with van der Waals surface area (Å²) in [6, 6.07) is 9.20. The van der Waals surface area contributed by atoms with E-state index in [1.807, 2.05) is 11.3 Å². The van der Waals surface area contributed by atoms with E-state index in [0.29, 0.717) is 6.04 Å². The fraction of sp³-hybridized carbons (Fsp3) is 0.333. The van der Waals surface area contributed by atoms with Gasteiger partial charge in [-0.25, -0.2) is 0 Å². The Bertz CT molecular complexity index is 645. The highest BCUT2D eigenvalue weighted by Crippen LogP contribution is 2.50. The molecule has 0 aliphatic carbocycles. The lowest BCUT2D eigenvalue weighted by molar-refractivity contribution is -0.00000407. The quantitative estimate of drug-likeness (QED) is 0.819. The van der Waals surface area contributed by atoms with Gasteiger partial charge in [0.2, 0.25) is 0 Å². The first kappa shape index (κ1) is 13.0. The van der Waals surface area contributed by atoms with Crippen LogP contribution in [0.25, 0.3) is 0 Å². The van der Waals surface area contributed by atoms with Crippen molar-refractivity contribution < 1.29 is 18.6 Å². The molecule has 0 radical (unpaired) electrons. The van der Waals surface area contributed by atoms with Gasteiger partial charge in [0.05, 0.1) is 12.6 Å². The molecule has 2 nitrogen and oxygen atoms in total. The summed E-state index contributed by atoms with van der Waals surface area (Å²) >= 11 is 1.88. The van der Waals surface area contributed by atoms with E-state index in [4.69, 9.17) is 4.74 Å². The van der Waals surface area contributed by atoms with Gasteiger partial charge in [-0.1, -0.05) is 6.07 Å². The fourth-order valence-electron chi connectivity index (χ4n) is 3.42. The maximum atomic E-state index is 5.38. The van der Waals surface area contributed by atoms with Crippen LogP contribution in [0.3, 0.4) is 0 Å². The molecule has 0 spiro atoms. The third-order valence-electron chi connectivity index (χ3n) is 4.31. The number of fused-ring (bicyclic) bond motifs is 7. The molecule has 0 saturated carbocycles. The summed E-state index contributed by atoms with van der Waals surface area (Å²) in [4.78, 5) is 1.52. The van der Waals surface area contributed by atoms with Gasteiger partial charge < -0.3 is 17.1 Å². The smallest absolute Gasteiger partial charge is 1.00 e. The maximum absolute atomic E-state index is 5.38. The van der Waals surface area contributed by atoms with Crippen LogP contribution in [0.1, 0.15) is 36.0 Å². The molecule has 2 unspecified atom stereocenters. The average molecular weight is 294 g/mol. The van der Waals surface area contributed by atoms with Crippen LogP contribution in [0.15, 0.2) is 29.6 Å². The van der Waals surface area contributed by atoms with E-state index in [1.54, 1.807) is 7.11 Å². The molecule has 2 aromatic rings. The number of methoxy groups -OCH3 is 1. The molecule has 4 heteroatoms. The van der Waals surface area contributed by atoms with Crippen molar-refractivity contribution in [2.75, 3.05) is 7.11 Å². The lowest BCUT2D eigenvalue weighted by Crippen LogP contribution is -3.00. The molecule has 19 heavy (non-hydrogen) atoms. The van der Waals surface area contributed by atoms with Crippen molar-refractivity contribution in [1.29, 1.82) is 0 Å². The Balaban J connectivity index is 0.000000735. The SMILES string of the molecule is COc1ccc2c(c1)C1(C)NC2Cc2sccc21.[Cl-].[H+]. The zero-order chi connectivity index (χ0) is 12.3. The normalized spacial score (nSPS) is 26.3. The summed E-state index contributed by atoms with van der Waals surface area (Å²) < 4.78 is 5.38. The largest absolute Gasteiger partial charge is 1.00 e. The van der Waals surface area contributed by atoms with E-state index in [2.05, 4.69) is 41.9 Å². The van der Waals surface area contributed by atoms with Crippen LogP contribution in [0, 0.1) is 0 Å². The molecule has 0 amide bonds. The second-order valence-electron chi connectivity index (χ2n) is 5.24. The monoisotopic (exact) mass is 293 g/mol. The minimum atomic E-state index is -0.0396. The maximum Gasteiger partial charge on any atom is 1.00 e. The van der Waals surface area contributed by atoms with Gasteiger partial charge in [0.1, 0.15) is 5.75 Å². The van der Waals surface area contributed by atoms with E-state index in [-0.39, 0.29) is 19.4 Å². The summed E-state index contributed by atoms with van der Waals surface area (Å²) in [5.41, 5.74) is 4.21. The summed E-state index contributed by atoms with van der Waals surface area (Å²) in [5, 5.41) is 5.98. The Morgan fingerprint density at radius 2 is 2.21 bits per heavy atom.